The molecule has 176 valence electrons. The van der Waals surface area contributed by atoms with Crippen molar-refractivity contribution in [3.63, 3.8) is 0 Å². The predicted molar refractivity (Wildman–Crippen MR) is 129 cm³/mol. The number of nitrogens with one attached hydrogen (secondary N) is 2. The maximum atomic E-state index is 12.6. The molecule has 1 saturated heterocycles. The van der Waals surface area contributed by atoms with Crippen LogP contribution in [0.5, 0.6) is 0 Å². The van der Waals surface area contributed by atoms with Crippen molar-refractivity contribution in [3.05, 3.63) is 65.7 Å². The number of amidine groups is 1. The van der Waals surface area contributed by atoms with Gasteiger partial charge in [0, 0.05) is 25.1 Å². The summed E-state index contributed by atoms with van der Waals surface area (Å²) in [5.74, 6) is -0.172. The zero-order chi connectivity index (χ0) is 23.8. The third kappa shape index (κ3) is 7.15. The Morgan fingerprint density at radius 3 is 2.48 bits per heavy atom. The third-order valence-corrected chi connectivity index (χ3v) is 7.05. The largest absolute Gasteiger partial charge is 0.355 e. The minimum Gasteiger partial charge on any atom is -0.355 e. The number of carbonyl (C=O) groups is 2. The lowest BCUT2D eigenvalue weighted by Crippen LogP contribution is -2.37. The molecule has 2 aromatic carbocycles. The van der Waals surface area contributed by atoms with E-state index in [0.717, 1.165) is 16.8 Å². The number of hydrogen-bond acceptors (Lipinski definition) is 6. The van der Waals surface area contributed by atoms with E-state index in [-0.39, 0.29) is 29.7 Å². The average Bonchev–Trinajstić information content (AvgIpc) is 3.25. The topological polar surface area (TPSA) is 108 Å². The molecule has 0 aliphatic carbocycles. The normalized spacial score (nSPS) is 16.4. The molecular formula is C24H30N4O4S. The SMILES string of the molecule is CC/C(=N\N(Cc1cccc(CS(=O)(=O)CC)c1)c1ccccc1)NC(=O)[C@@H]1CNC(=O)C1. The van der Waals surface area contributed by atoms with E-state index in [1.807, 2.05) is 61.5 Å². The summed E-state index contributed by atoms with van der Waals surface area (Å²) in [6.07, 6.45) is 0.677. The van der Waals surface area contributed by atoms with Crippen molar-refractivity contribution in [2.75, 3.05) is 17.3 Å². The lowest BCUT2D eigenvalue weighted by Gasteiger charge is -2.22. The van der Waals surface area contributed by atoms with Crippen LogP contribution in [0.3, 0.4) is 0 Å². The fraction of sp³-hybridized carbons (Fsp3) is 0.375. The summed E-state index contributed by atoms with van der Waals surface area (Å²) in [4.78, 5) is 24.0. The highest BCUT2D eigenvalue weighted by Gasteiger charge is 2.28. The highest BCUT2D eigenvalue weighted by Crippen LogP contribution is 2.19. The van der Waals surface area contributed by atoms with Gasteiger partial charge in [-0.25, -0.2) is 8.42 Å². The summed E-state index contributed by atoms with van der Waals surface area (Å²) < 4.78 is 24.1. The Morgan fingerprint density at radius 1 is 1.12 bits per heavy atom. The van der Waals surface area contributed by atoms with Gasteiger partial charge in [0.15, 0.2) is 9.84 Å². The second-order valence-electron chi connectivity index (χ2n) is 7.98. The fourth-order valence-corrected chi connectivity index (χ4v) is 4.39. The number of sulfone groups is 1. The Hall–Kier alpha value is -3.20. The van der Waals surface area contributed by atoms with E-state index in [4.69, 9.17) is 5.10 Å². The van der Waals surface area contributed by atoms with Gasteiger partial charge < -0.3 is 10.6 Å². The van der Waals surface area contributed by atoms with E-state index in [0.29, 0.717) is 25.3 Å². The molecule has 2 N–H and O–H groups in total. The summed E-state index contributed by atoms with van der Waals surface area (Å²) in [6.45, 7) is 4.27. The first kappa shape index (κ1) is 24.4. The number of hydrogen-bond donors (Lipinski definition) is 2. The van der Waals surface area contributed by atoms with Crippen molar-refractivity contribution >= 4 is 33.2 Å². The molecule has 0 bridgehead atoms. The maximum absolute atomic E-state index is 12.6. The third-order valence-electron chi connectivity index (χ3n) is 5.40. The van der Waals surface area contributed by atoms with Gasteiger partial charge in [-0.15, -0.1) is 0 Å². The summed E-state index contributed by atoms with van der Waals surface area (Å²) in [5.41, 5.74) is 2.47. The minimum absolute atomic E-state index is 0.00361. The van der Waals surface area contributed by atoms with Gasteiger partial charge in [0.25, 0.3) is 0 Å². The standard InChI is InChI=1S/C24H30N4O4S/c1-3-22(26-24(30)20-14-23(29)25-15-20)27-28(21-11-6-5-7-12-21)16-18-9-8-10-19(13-18)17-33(31,32)4-2/h5-13,20H,3-4,14-17H2,1-2H3,(H,25,29)(H,26,27,30)/t20-/m0/s1. The molecule has 8 nitrogen and oxygen atoms in total. The molecule has 3 rings (SSSR count). The first-order valence-corrected chi connectivity index (χ1v) is 12.9. The van der Waals surface area contributed by atoms with Crippen LogP contribution in [-0.4, -0.2) is 38.4 Å². The Labute approximate surface area is 195 Å². The van der Waals surface area contributed by atoms with Gasteiger partial charge in [0.1, 0.15) is 5.84 Å². The number of para-hydroxylation sites is 1. The van der Waals surface area contributed by atoms with E-state index >= 15 is 0 Å². The van der Waals surface area contributed by atoms with Crippen LogP contribution in [-0.2, 0) is 31.7 Å². The molecule has 0 unspecified atom stereocenters. The zero-order valence-electron chi connectivity index (χ0n) is 19.0. The molecule has 1 fully saturated rings. The lowest BCUT2D eigenvalue weighted by molar-refractivity contribution is -0.125. The number of nitrogens with zero attached hydrogens (tertiary/aromatic N) is 2. The van der Waals surface area contributed by atoms with Gasteiger partial charge in [0.2, 0.25) is 11.8 Å². The molecule has 1 aliphatic heterocycles. The Kier molecular flexibility index (Phi) is 8.21. The summed E-state index contributed by atoms with van der Waals surface area (Å²) in [6, 6.07) is 17.0. The molecule has 1 heterocycles. The number of hydrazone groups is 1. The van der Waals surface area contributed by atoms with Crippen LogP contribution in [0.2, 0.25) is 0 Å². The molecule has 1 aliphatic rings. The van der Waals surface area contributed by atoms with E-state index in [1.165, 1.54) is 0 Å². The summed E-state index contributed by atoms with van der Waals surface area (Å²) in [5, 5.41) is 12.0. The molecule has 2 amide bonds. The minimum atomic E-state index is -3.14. The number of anilines is 1. The molecule has 1 atom stereocenters. The average molecular weight is 471 g/mol. The first-order chi connectivity index (χ1) is 15.8. The zero-order valence-corrected chi connectivity index (χ0v) is 19.8. The van der Waals surface area contributed by atoms with Crippen molar-refractivity contribution in [1.29, 1.82) is 0 Å². The van der Waals surface area contributed by atoms with Crippen molar-refractivity contribution in [1.82, 2.24) is 10.6 Å². The molecule has 9 heteroatoms. The molecule has 0 spiro atoms. The molecule has 33 heavy (non-hydrogen) atoms. The van der Waals surface area contributed by atoms with Crippen molar-refractivity contribution in [2.24, 2.45) is 11.0 Å². The van der Waals surface area contributed by atoms with Crippen LogP contribution in [0.25, 0.3) is 0 Å². The molecule has 0 radical (unpaired) electrons. The second-order valence-corrected chi connectivity index (χ2v) is 10.3. The van der Waals surface area contributed by atoms with Crippen LogP contribution >= 0.6 is 0 Å². The molecule has 2 aromatic rings. The highest BCUT2D eigenvalue weighted by atomic mass is 32.2. The smallest absolute Gasteiger partial charge is 0.230 e. The number of amides is 2. The van der Waals surface area contributed by atoms with E-state index in [1.54, 1.807) is 11.9 Å². The Morgan fingerprint density at radius 2 is 1.85 bits per heavy atom. The van der Waals surface area contributed by atoms with Crippen LogP contribution in [0.15, 0.2) is 59.7 Å². The number of rotatable bonds is 9. The van der Waals surface area contributed by atoms with Crippen molar-refractivity contribution < 1.29 is 18.0 Å². The van der Waals surface area contributed by atoms with Crippen LogP contribution in [0, 0.1) is 5.92 Å². The summed E-state index contributed by atoms with van der Waals surface area (Å²) >= 11 is 0. The van der Waals surface area contributed by atoms with E-state index < -0.39 is 15.8 Å². The predicted octanol–water partition coefficient (Wildman–Crippen LogP) is 2.60. The number of benzene rings is 2. The van der Waals surface area contributed by atoms with Crippen LogP contribution < -0.4 is 15.6 Å². The highest BCUT2D eigenvalue weighted by molar-refractivity contribution is 7.90. The van der Waals surface area contributed by atoms with E-state index in [2.05, 4.69) is 10.6 Å². The fourth-order valence-electron chi connectivity index (χ4n) is 3.50. The quantitative estimate of drug-likeness (QED) is 0.333. The Balaban J connectivity index is 1.83. The van der Waals surface area contributed by atoms with Gasteiger partial charge in [-0.2, -0.15) is 5.10 Å². The first-order valence-electron chi connectivity index (χ1n) is 11.1. The Bertz CT molecular complexity index is 1120. The number of carbonyl (C=O) groups excluding carboxylic acids is 2. The van der Waals surface area contributed by atoms with Crippen molar-refractivity contribution in [3.8, 4) is 0 Å². The molecule has 0 saturated carbocycles. The monoisotopic (exact) mass is 470 g/mol. The van der Waals surface area contributed by atoms with Gasteiger partial charge >= 0.3 is 0 Å². The van der Waals surface area contributed by atoms with E-state index in [9.17, 15) is 18.0 Å². The van der Waals surface area contributed by atoms with Gasteiger partial charge in [-0.1, -0.05) is 56.3 Å². The maximum Gasteiger partial charge on any atom is 0.230 e. The molecule has 0 aromatic heterocycles. The second kappa shape index (κ2) is 11.1. The molecular weight excluding hydrogens is 440 g/mol. The van der Waals surface area contributed by atoms with Crippen LogP contribution in [0.4, 0.5) is 5.69 Å². The van der Waals surface area contributed by atoms with Gasteiger partial charge in [-0.3, -0.25) is 14.6 Å². The van der Waals surface area contributed by atoms with Crippen molar-refractivity contribution in [2.45, 2.75) is 39.0 Å². The van der Waals surface area contributed by atoms with Gasteiger partial charge in [-0.05, 0) is 23.3 Å². The summed E-state index contributed by atoms with van der Waals surface area (Å²) in [7, 11) is -3.14. The van der Waals surface area contributed by atoms with Gasteiger partial charge in [0.05, 0.1) is 23.9 Å². The van der Waals surface area contributed by atoms with Crippen LogP contribution in [0.1, 0.15) is 37.8 Å². The lowest BCUT2D eigenvalue weighted by atomic mass is 10.1.